The Labute approximate surface area is 175 Å². The topological polar surface area (TPSA) is 81.6 Å². The lowest BCUT2D eigenvalue weighted by Crippen LogP contribution is -2.28. The van der Waals surface area contributed by atoms with Gasteiger partial charge >= 0.3 is 11.9 Å². The molecule has 1 heterocycles. The molecule has 1 aromatic carbocycles. The molecule has 8 heteroatoms. The van der Waals surface area contributed by atoms with Crippen LogP contribution in [-0.2, 0) is 20.8 Å². The maximum Gasteiger partial charge on any atom is 0.358 e. The van der Waals surface area contributed by atoms with Crippen LogP contribution >= 0.6 is 11.6 Å². The van der Waals surface area contributed by atoms with Crippen molar-refractivity contribution in [2.24, 2.45) is 0 Å². The van der Waals surface area contributed by atoms with Crippen LogP contribution in [0.25, 0.3) is 0 Å². The van der Waals surface area contributed by atoms with Gasteiger partial charge in [-0.3, -0.25) is 4.79 Å². The Morgan fingerprint density at radius 3 is 2.55 bits per heavy atom. The molecule has 0 N–H and O–H groups in total. The van der Waals surface area contributed by atoms with Crippen LogP contribution in [0.15, 0.2) is 30.3 Å². The number of carbonyl (C=O) groups excluding carboxylic acids is 2. The van der Waals surface area contributed by atoms with E-state index in [1.807, 2.05) is 35.2 Å². The summed E-state index contributed by atoms with van der Waals surface area (Å²) in [6.45, 7) is 2.91. The molecule has 1 fully saturated rings. The molecule has 29 heavy (non-hydrogen) atoms. The second-order valence-electron chi connectivity index (χ2n) is 6.80. The van der Waals surface area contributed by atoms with Crippen molar-refractivity contribution in [1.29, 1.82) is 0 Å². The molecule has 2 aromatic rings. The fraction of sp³-hybridized carbons (Fsp3) is 0.429. The van der Waals surface area contributed by atoms with Crippen molar-refractivity contribution >= 4 is 29.4 Å². The Morgan fingerprint density at radius 1 is 1.21 bits per heavy atom. The summed E-state index contributed by atoms with van der Waals surface area (Å²) in [4.78, 5) is 35.0. The highest BCUT2D eigenvalue weighted by atomic mass is 35.5. The fourth-order valence-electron chi connectivity index (χ4n) is 2.94. The van der Waals surface area contributed by atoms with Crippen molar-refractivity contribution < 1.29 is 19.1 Å². The van der Waals surface area contributed by atoms with Gasteiger partial charge in [-0.1, -0.05) is 41.9 Å². The first-order chi connectivity index (χ1) is 14.0. The van der Waals surface area contributed by atoms with Crippen molar-refractivity contribution in [3.8, 4) is 0 Å². The van der Waals surface area contributed by atoms with Gasteiger partial charge in [0.05, 0.1) is 20.1 Å². The molecule has 1 saturated carbocycles. The van der Waals surface area contributed by atoms with Crippen LogP contribution in [0.3, 0.4) is 0 Å². The van der Waals surface area contributed by atoms with Gasteiger partial charge in [-0.15, -0.1) is 0 Å². The summed E-state index contributed by atoms with van der Waals surface area (Å²) in [5.74, 6) is 0.325. The second-order valence-corrected chi connectivity index (χ2v) is 7.17. The molecule has 0 bridgehead atoms. The van der Waals surface area contributed by atoms with Crippen LogP contribution in [0.1, 0.15) is 54.0 Å². The number of hydrogen-bond acceptors (Lipinski definition) is 7. The minimum Gasteiger partial charge on any atom is -0.466 e. The molecule has 0 atom stereocenters. The van der Waals surface area contributed by atoms with E-state index >= 15 is 0 Å². The lowest BCUT2D eigenvalue weighted by atomic mass is 10.2. The molecule has 0 amide bonds. The molecule has 1 aliphatic rings. The van der Waals surface area contributed by atoms with Gasteiger partial charge in [-0.2, -0.15) is 0 Å². The van der Waals surface area contributed by atoms with Gasteiger partial charge in [0, 0.05) is 19.0 Å². The Bertz CT molecular complexity index is 872. The highest BCUT2D eigenvalue weighted by Crippen LogP contribution is 2.40. The predicted molar refractivity (Wildman–Crippen MR) is 109 cm³/mol. The number of esters is 2. The minimum absolute atomic E-state index is 0.0512. The van der Waals surface area contributed by atoms with Gasteiger partial charge < -0.3 is 14.4 Å². The monoisotopic (exact) mass is 417 g/mol. The number of nitrogens with zero attached hydrogens (tertiary/aromatic N) is 3. The number of anilines is 1. The third-order valence-electron chi connectivity index (χ3n) is 4.58. The van der Waals surface area contributed by atoms with Gasteiger partial charge in [0.15, 0.2) is 11.5 Å². The fourth-order valence-corrected chi connectivity index (χ4v) is 3.22. The largest absolute Gasteiger partial charge is 0.466 e. The maximum atomic E-state index is 12.2. The number of hydrogen-bond donors (Lipinski definition) is 0. The van der Waals surface area contributed by atoms with Crippen molar-refractivity contribution in [1.82, 2.24) is 9.97 Å². The molecule has 1 aliphatic carbocycles. The third-order valence-corrected chi connectivity index (χ3v) is 4.93. The molecule has 3 rings (SSSR count). The van der Waals surface area contributed by atoms with Crippen molar-refractivity contribution in [2.45, 2.75) is 38.6 Å². The molecular weight excluding hydrogens is 394 g/mol. The summed E-state index contributed by atoms with van der Waals surface area (Å²) in [7, 11) is 1.29. The van der Waals surface area contributed by atoms with E-state index in [-0.39, 0.29) is 29.0 Å². The number of methoxy groups -OCH3 is 1. The smallest absolute Gasteiger partial charge is 0.358 e. The van der Waals surface area contributed by atoms with E-state index in [2.05, 4.69) is 9.97 Å². The molecular formula is C21H24ClN3O4. The van der Waals surface area contributed by atoms with Crippen molar-refractivity contribution in [3.63, 3.8) is 0 Å². The normalized spacial score (nSPS) is 13.1. The first-order valence-electron chi connectivity index (χ1n) is 9.63. The first-order valence-corrected chi connectivity index (χ1v) is 10.0. The average molecular weight is 418 g/mol. The Morgan fingerprint density at radius 2 is 1.93 bits per heavy atom. The highest BCUT2D eigenvalue weighted by Gasteiger charge is 2.31. The van der Waals surface area contributed by atoms with Crippen LogP contribution in [-0.4, -0.2) is 42.2 Å². The molecule has 0 unspecified atom stereocenters. The van der Waals surface area contributed by atoms with E-state index in [4.69, 9.17) is 21.1 Å². The van der Waals surface area contributed by atoms with Gasteiger partial charge in [0.25, 0.3) is 0 Å². The SMILES string of the molecule is CCOC(=O)CCN(Cc1ccccc1)c1nc(C2CC2)nc(C(=O)OC)c1Cl. The van der Waals surface area contributed by atoms with E-state index in [9.17, 15) is 9.59 Å². The summed E-state index contributed by atoms with van der Waals surface area (Å²) < 4.78 is 9.90. The Hall–Kier alpha value is -2.67. The lowest BCUT2D eigenvalue weighted by Gasteiger charge is -2.25. The summed E-state index contributed by atoms with van der Waals surface area (Å²) in [6.07, 6.45) is 2.12. The zero-order valence-corrected chi connectivity index (χ0v) is 17.3. The van der Waals surface area contributed by atoms with E-state index in [1.54, 1.807) is 6.92 Å². The number of ether oxygens (including phenoxy) is 2. The summed E-state index contributed by atoms with van der Waals surface area (Å²) in [5.41, 5.74) is 1.08. The molecule has 154 valence electrons. The van der Waals surface area contributed by atoms with Gasteiger partial charge in [0.2, 0.25) is 0 Å². The Balaban J connectivity index is 1.97. The molecule has 0 radical (unpaired) electrons. The molecule has 0 saturated heterocycles. The summed E-state index contributed by atoms with van der Waals surface area (Å²) in [5, 5.41) is 0.126. The number of rotatable bonds is 9. The standard InChI is InChI=1S/C21H24ClN3O4/c1-3-29-16(26)11-12-25(13-14-7-5-4-6-8-14)20-17(22)18(21(27)28-2)23-19(24-20)15-9-10-15/h4-8,15H,3,9-13H2,1-2H3. The Kier molecular flexibility index (Phi) is 7.04. The molecule has 1 aromatic heterocycles. The number of aromatic nitrogens is 2. The quantitative estimate of drug-likeness (QED) is 0.574. The summed E-state index contributed by atoms with van der Waals surface area (Å²) in [6, 6.07) is 9.78. The predicted octanol–water partition coefficient (Wildman–Crippen LogP) is 3.75. The van der Waals surface area contributed by atoms with Crippen LogP contribution in [0.4, 0.5) is 5.82 Å². The lowest BCUT2D eigenvalue weighted by molar-refractivity contribution is -0.142. The van der Waals surface area contributed by atoms with E-state index in [0.29, 0.717) is 31.3 Å². The number of carbonyl (C=O) groups is 2. The van der Waals surface area contributed by atoms with Crippen LogP contribution < -0.4 is 4.90 Å². The zero-order valence-electron chi connectivity index (χ0n) is 16.6. The molecule has 0 aliphatic heterocycles. The van der Waals surface area contributed by atoms with Gasteiger partial charge in [-0.05, 0) is 25.3 Å². The minimum atomic E-state index is -0.606. The first kappa shape index (κ1) is 21.0. The maximum absolute atomic E-state index is 12.2. The van der Waals surface area contributed by atoms with Crippen molar-refractivity contribution in [3.05, 3.63) is 52.4 Å². The molecule has 0 spiro atoms. The van der Waals surface area contributed by atoms with E-state index in [1.165, 1.54) is 7.11 Å². The second kappa shape index (κ2) is 9.69. The average Bonchev–Trinajstić information content (AvgIpc) is 3.57. The van der Waals surface area contributed by atoms with Gasteiger partial charge in [-0.25, -0.2) is 14.8 Å². The highest BCUT2D eigenvalue weighted by molar-refractivity contribution is 6.35. The van der Waals surface area contributed by atoms with E-state index < -0.39 is 5.97 Å². The van der Waals surface area contributed by atoms with Crippen LogP contribution in [0.2, 0.25) is 5.02 Å². The number of halogens is 1. The van der Waals surface area contributed by atoms with E-state index in [0.717, 1.165) is 18.4 Å². The van der Waals surface area contributed by atoms with Crippen molar-refractivity contribution in [2.75, 3.05) is 25.2 Å². The zero-order chi connectivity index (χ0) is 20.8. The summed E-state index contributed by atoms with van der Waals surface area (Å²) >= 11 is 6.53. The molecule has 7 nitrogen and oxygen atoms in total. The number of benzene rings is 1. The van der Waals surface area contributed by atoms with Crippen LogP contribution in [0.5, 0.6) is 0 Å². The van der Waals surface area contributed by atoms with Gasteiger partial charge in [0.1, 0.15) is 10.8 Å². The third kappa shape index (κ3) is 5.44. The van der Waals surface area contributed by atoms with Crippen LogP contribution in [0, 0.1) is 0 Å².